The second-order valence-electron chi connectivity index (χ2n) is 6.87. The van der Waals surface area contributed by atoms with Crippen LogP contribution in [0.15, 0.2) is 24.3 Å². The number of thioether (sulfide) groups is 1. The van der Waals surface area contributed by atoms with Crippen LogP contribution >= 0.6 is 11.8 Å². The van der Waals surface area contributed by atoms with E-state index in [0.29, 0.717) is 25.6 Å². The van der Waals surface area contributed by atoms with Gasteiger partial charge in [0, 0.05) is 30.5 Å². The molecule has 0 spiro atoms. The second-order valence-corrected chi connectivity index (χ2v) is 8.02. The molecule has 1 atom stereocenters. The van der Waals surface area contributed by atoms with E-state index in [2.05, 4.69) is 37.5 Å². The van der Waals surface area contributed by atoms with E-state index in [0.717, 1.165) is 23.8 Å². The van der Waals surface area contributed by atoms with Crippen molar-refractivity contribution in [1.82, 2.24) is 10.6 Å². The minimum absolute atomic E-state index is 0.0458. The zero-order valence-corrected chi connectivity index (χ0v) is 15.2. The van der Waals surface area contributed by atoms with E-state index in [1.807, 2.05) is 30.0 Å². The number of amides is 1. The summed E-state index contributed by atoms with van der Waals surface area (Å²) in [6.07, 6.45) is 0.547. The Hall–Kier alpha value is -1.20. The number of hydrogen-bond acceptors (Lipinski definition) is 4. The molecule has 1 aromatic rings. The van der Waals surface area contributed by atoms with Gasteiger partial charge >= 0.3 is 0 Å². The summed E-state index contributed by atoms with van der Waals surface area (Å²) in [4.78, 5) is 11.9. The van der Waals surface area contributed by atoms with Crippen molar-refractivity contribution in [1.29, 1.82) is 0 Å². The number of hydrogen-bond donors (Lipinski definition) is 2. The summed E-state index contributed by atoms with van der Waals surface area (Å²) < 4.78 is 5.87. The van der Waals surface area contributed by atoms with Crippen molar-refractivity contribution in [2.75, 3.05) is 31.2 Å². The average molecular weight is 337 g/mol. The monoisotopic (exact) mass is 336 g/mol. The highest BCUT2D eigenvalue weighted by Gasteiger charge is 2.19. The zero-order chi connectivity index (χ0) is 16.7. The third kappa shape index (κ3) is 6.07. The first kappa shape index (κ1) is 18.1. The molecule has 1 aliphatic rings. The summed E-state index contributed by atoms with van der Waals surface area (Å²) in [5.74, 6) is 3.15. The lowest BCUT2D eigenvalue weighted by atomic mass is 9.86. The predicted molar refractivity (Wildman–Crippen MR) is 97.4 cm³/mol. The molecule has 0 radical (unpaired) electrons. The van der Waals surface area contributed by atoms with Crippen molar-refractivity contribution in [3.8, 4) is 5.75 Å². The van der Waals surface area contributed by atoms with Crippen molar-refractivity contribution < 1.29 is 9.53 Å². The number of nitrogens with one attached hydrogen (secondary N) is 2. The Morgan fingerprint density at radius 3 is 2.87 bits per heavy atom. The maximum atomic E-state index is 11.9. The maximum Gasteiger partial charge on any atom is 0.221 e. The highest BCUT2D eigenvalue weighted by atomic mass is 32.2. The van der Waals surface area contributed by atoms with Crippen LogP contribution in [0.25, 0.3) is 0 Å². The van der Waals surface area contributed by atoms with Gasteiger partial charge in [-0.3, -0.25) is 4.79 Å². The molecule has 0 saturated carbocycles. The molecule has 1 aromatic carbocycles. The first-order chi connectivity index (χ1) is 11.0. The molecule has 1 heterocycles. The van der Waals surface area contributed by atoms with E-state index >= 15 is 0 Å². The lowest BCUT2D eigenvalue weighted by Crippen LogP contribution is -2.41. The molecular weight excluding hydrogens is 308 g/mol. The van der Waals surface area contributed by atoms with Crippen molar-refractivity contribution >= 4 is 17.7 Å². The molecule has 2 rings (SSSR count). The number of para-hydroxylation sites is 1. The molecule has 23 heavy (non-hydrogen) atoms. The van der Waals surface area contributed by atoms with Crippen LogP contribution in [0.4, 0.5) is 0 Å². The van der Waals surface area contributed by atoms with E-state index < -0.39 is 0 Å². The molecule has 0 aliphatic carbocycles. The Kier molecular flexibility index (Phi) is 6.78. The van der Waals surface area contributed by atoms with Crippen molar-refractivity contribution in [3.63, 3.8) is 0 Å². The summed E-state index contributed by atoms with van der Waals surface area (Å²) in [5.41, 5.74) is 1.24. The summed E-state index contributed by atoms with van der Waals surface area (Å²) in [7, 11) is 0. The van der Waals surface area contributed by atoms with Gasteiger partial charge in [0.1, 0.15) is 12.4 Å². The summed E-state index contributed by atoms with van der Waals surface area (Å²) in [6, 6.07) is 8.41. The third-order valence-corrected chi connectivity index (χ3v) is 4.94. The van der Waals surface area contributed by atoms with Crippen LogP contribution in [0.2, 0.25) is 0 Å². The summed E-state index contributed by atoms with van der Waals surface area (Å²) in [6.45, 7) is 8.54. The van der Waals surface area contributed by atoms with E-state index in [1.54, 1.807) is 0 Å². The lowest BCUT2D eigenvalue weighted by Gasteiger charge is -2.23. The molecule has 1 unspecified atom stereocenters. The van der Waals surface area contributed by atoms with Gasteiger partial charge in [0.15, 0.2) is 0 Å². The molecular formula is C18H28N2O2S. The van der Waals surface area contributed by atoms with Crippen LogP contribution in [0, 0.1) is 0 Å². The van der Waals surface area contributed by atoms with E-state index in [4.69, 9.17) is 4.74 Å². The minimum atomic E-state index is 0.0458. The Morgan fingerprint density at radius 1 is 1.39 bits per heavy atom. The van der Waals surface area contributed by atoms with Gasteiger partial charge in [-0.15, -0.1) is 0 Å². The fourth-order valence-corrected chi connectivity index (χ4v) is 3.56. The Balaban J connectivity index is 1.72. The first-order valence-corrected chi connectivity index (χ1v) is 9.42. The topological polar surface area (TPSA) is 50.4 Å². The standard InChI is InChI=1S/C18H28N2O2S/c1-18(2,3)15-6-4-5-7-16(15)22-10-8-20-17(21)12-14-13-23-11-9-19-14/h4-7,14,19H,8-13H2,1-3H3,(H,20,21). The molecule has 1 aliphatic heterocycles. The van der Waals surface area contributed by atoms with Crippen molar-refractivity contribution in [3.05, 3.63) is 29.8 Å². The summed E-state index contributed by atoms with van der Waals surface area (Å²) >= 11 is 1.91. The molecule has 2 N–H and O–H groups in total. The van der Waals surface area contributed by atoms with E-state index in [1.165, 1.54) is 5.56 Å². The molecule has 5 heteroatoms. The minimum Gasteiger partial charge on any atom is -0.491 e. The summed E-state index contributed by atoms with van der Waals surface area (Å²) in [5, 5.41) is 6.32. The number of rotatable bonds is 6. The Morgan fingerprint density at radius 2 is 2.17 bits per heavy atom. The highest BCUT2D eigenvalue weighted by Crippen LogP contribution is 2.30. The molecule has 1 fully saturated rings. The van der Waals surface area contributed by atoms with Crippen LogP contribution in [0.5, 0.6) is 5.75 Å². The first-order valence-electron chi connectivity index (χ1n) is 8.27. The van der Waals surface area contributed by atoms with Gasteiger partial charge in [-0.05, 0) is 17.0 Å². The van der Waals surface area contributed by atoms with Crippen LogP contribution in [0.1, 0.15) is 32.8 Å². The van der Waals surface area contributed by atoms with Gasteiger partial charge in [0.2, 0.25) is 5.91 Å². The third-order valence-electron chi connectivity index (χ3n) is 3.81. The fourth-order valence-electron chi connectivity index (χ4n) is 2.61. The van der Waals surface area contributed by atoms with Gasteiger partial charge in [-0.2, -0.15) is 11.8 Å². The van der Waals surface area contributed by atoms with Crippen LogP contribution in [-0.4, -0.2) is 43.2 Å². The van der Waals surface area contributed by atoms with Gasteiger partial charge in [-0.25, -0.2) is 0 Å². The molecule has 0 aromatic heterocycles. The average Bonchev–Trinajstić information content (AvgIpc) is 2.52. The number of benzene rings is 1. The van der Waals surface area contributed by atoms with Gasteiger partial charge in [0.25, 0.3) is 0 Å². The lowest BCUT2D eigenvalue weighted by molar-refractivity contribution is -0.121. The van der Waals surface area contributed by atoms with Crippen molar-refractivity contribution in [2.45, 2.75) is 38.6 Å². The van der Waals surface area contributed by atoms with E-state index in [9.17, 15) is 4.79 Å². The van der Waals surface area contributed by atoms with Gasteiger partial charge < -0.3 is 15.4 Å². The van der Waals surface area contributed by atoms with E-state index in [-0.39, 0.29) is 11.3 Å². The Bertz CT molecular complexity index is 508. The molecule has 0 bridgehead atoms. The second kappa shape index (κ2) is 8.60. The largest absolute Gasteiger partial charge is 0.491 e. The molecule has 1 amide bonds. The predicted octanol–water partition coefficient (Wildman–Crippen LogP) is 2.57. The smallest absolute Gasteiger partial charge is 0.221 e. The SMILES string of the molecule is CC(C)(C)c1ccccc1OCCNC(=O)CC1CSCCN1. The Labute approximate surface area is 143 Å². The van der Waals surface area contributed by atoms with Crippen LogP contribution in [0.3, 0.4) is 0 Å². The quantitative estimate of drug-likeness (QED) is 0.784. The van der Waals surface area contributed by atoms with Crippen molar-refractivity contribution in [2.24, 2.45) is 0 Å². The zero-order valence-electron chi connectivity index (χ0n) is 14.4. The van der Waals surface area contributed by atoms with Gasteiger partial charge in [-0.1, -0.05) is 39.0 Å². The molecule has 128 valence electrons. The van der Waals surface area contributed by atoms with Gasteiger partial charge in [0.05, 0.1) is 6.54 Å². The number of carbonyl (C=O) groups excluding carboxylic acids is 1. The highest BCUT2D eigenvalue weighted by molar-refractivity contribution is 7.99. The number of carbonyl (C=O) groups is 1. The normalized spacial score (nSPS) is 18.5. The molecule has 1 saturated heterocycles. The maximum absolute atomic E-state index is 11.9. The van der Waals surface area contributed by atoms with Crippen LogP contribution in [-0.2, 0) is 10.2 Å². The van der Waals surface area contributed by atoms with Crippen LogP contribution < -0.4 is 15.4 Å². The number of ether oxygens (including phenoxy) is 1. The molecule has 4 nitrogen and oxygen atoms in total. The fraction of sp³-hybridized carbons (Fsp3) is 0.611.